The highest BCUT2D eigenvalue weighted by Crippen LogP contribution is 2.28. The van der Waals surface area contributed by atoms with E-state index in [1.54, 1.807) is 18.5 Å². The van der Waals surface area contributed by atoms with Crippen molar-refractivity contribution in [3.8, 4) is 0 Å². The van der Waals surface area contributed by atoms with E-state index < -0.39 is 25.1 Å². The molecule has 2 aromatic carbocycles. The third-order valence-electron chi connectivity index (χ3n) is 5.12. The first-order valence-electron chi connectivity index (χ1n) is 9.46. The minimum absolute atomic E-state index is 0. The summed E-state index contributed by atoms with van der Waals surface area (Å²) >= 11 is 0. The molecule has 1 atom stereocenters. The third kappa shape index (κ3) is 4.79. The number of Topliss-reactive ketones (excluding diaryl/α,β-unsaturated/α-hetero) is 1. The van der Waals surface area contributed by atoms with E-state index in [1.807, 2.05) is 24.3 Å². The van der Waals surface area contributed by atoms with Gasteiger partial charge in [-0.3, -0.25) is 9.78 Å². The molecule has 166 valence electrons. The zero-order valence-electron chi connectivity index (χ0n) is 16.6. The number of aromatic nitrogens is 1. The van der Waals surface area contributed by atoms with Gasteiger partial charge in [-0.05, 0) is 28.6 Å². The van der Waals surface area contributed by atoms with Gasteiger partial charge in [0.15, 0.2) is 0 Å². The van der Waals surface area contributed by atoms with E-state index in [9.17, 15) is 23.0 Å². The van der Waals surface area contributed by atoms with Gasteiger partial charge < -0.3 is 15.4 Å². The van der Waals surface area contributed by atoms with Crippen LogP contribution in [0.5, 0.6) is 0 Å². The van der Waals surface area contributed by atoms with Crippen molar-refractivity contribution >= 4 is 54.2 Å². The molecule has 4 rings (SSSR count). The second-order valence-corrected chi connectivity index (χ2v) is 7.19. The second-order valence-electron chi connectivity index (χ2n) is 7.19. The van der Waals surface area contributed by atoms with Crippen LogP contribution in [0.2, 0.25) is 0 Å². The minimum atomic E-state index is -4.84. The average molecular weight is 461 g/mol. The molecule has 0 unspecified atom stereocenters. The molecule has 0 radical (unpaired) electrons. The molecular weight excluding hydrogens is 442 g/mol. The van der Waals surface area contributed by atoms with Gasteiger partial charge in [-0.1, -0.05) is 30.3 Å². The highest BCUT2D eigenvalue weighted by atomic mass is 32.1. The van der Waals surface area contributed by atoms with E-state index in [-0.39, 0.29) is 43.4 Å². The van der Waals surface area contributed by atoms with Crippen LogP contribution in [0.1, 0.15) is 17.0 Å². The molecule has 3 aromatic rings. The van der Waals surface area contributed by atoms with Gasteiger partial charge in [-0.15, -0.1) is 0 Å². The Balaban J connectivity index is 0.00000289. The number of nitrogens with zero attached hydrogens (tertiary/aromatic N) is 2. The number of halogens is 3. The number of rotatable bonds is 5. The number of fused-ring (bicyclic) bond motifs is 2. The summed E-state index contributed by atoms with van der Waals surface area (Å²) in [6.45, 7) is -0.0238. The zero-order valence-corrected chi connectivity index (χ0v) is 17.6. The Labute approximate surface area is 188 Å². The van der Waals surface area contributed by atoms with Crippen molar-refractivity contribution < 1.29 is 27.6 Å². The monoisotopic (exact) mass is 461 g/mol. The number of carbonyl (C=O) groups excluding carboxylic acids is 1. The summed E-state index contributed by atoms with van der Waals surface area (Å²) in [5, 5.41) is 11.8. The van der Waals surface area contributed by atoms with Gasteiger partial charge in [0.2, 0.25) is 0 Å². The van der Waals surface area contributed by atoms with Crippen molar-refractivity contribution in [2.24, 2.45) is 10.7 Å². The van der Waals surface area contributed by atoms with Crippen LogP contribution in [-0.2, 0) is 15.9 Å². The van der Waals surface area contributed by atoms with Crippen LogP contribution < -0.4 is 11.2 Å². The molecule has 0 saturated carbocycles. The molecule has 0 spiro atoms. The number of pyridine rings is 1. The number of alkyl halides is 3. The predicted octanol–water partition coefficient (Wildman–Crippen LogP) is 2.51. The van der Waals surface area contributed by atoms with E-state index in [1.165, 1.54) is 12.1 Å². The predicted molar refractivity (Wildman–Crippen MR) is 121 cm³/mol. The summed E-state index contributed by atoms with van der Waals surface area (Å²) in [6, 6.07) is 11.7. The summed E-state index contributed by atoms with van der Waals surface area (Å²) in [5.41, 5.74) is 7.03. The van der Waals surface area contributed by atoms with E-state index in [0.717, 1.165) is 16.3 Å². The maximum Gasteiger partial charge on any atom is 0.563 e. The lowest BCUT2D eigenvalue weighted by molar-refractivity contribution is -0.119. The normalized spacial score (nSPS) is 14.2. The molecule has 2 heterocycles. The van der Waals surface area contributed by atoms with Crippen molar-refractivity contribution in [3.05, 3.63) is 66.0 Å². The van der Waals surface area contributed by atoms with Crippen molar-refractivity contribution in [1.82, 2.24) is 4.98 Å². The molecule has 0 aliphatic carbocycles. The smallest absolute Gasteiger partial charge is 0.515 e. The zero-order chi connectivity index (χ0) is 22.2. The number of ketones is 1. The number of nitrogens with two attached hydrogens (primary N) is 1. The van der Waals surface area contributed by atoms with Crippen LogP contribution in [0, 0.1) is 0 Å². The first-order valence-corrected chi connectivity index (χ1v) is 9.46. The van der Waals surface area contributed by atoms with Crippen LogP contribution in [0.3, 0.4) is 0 Å². The van der Waals surface area contributed by atoms with Crippen LogP contribution in [0.4, 0.5) is 18.9 Å². The number of carbonyl (C=O) groups is 1. The van der Waals surface area contributed by atoms with Crippen LogP contribution in [0.15, 0.2) is 59.9 Å². The topological polar surface area (TPSA) is 97.8 Å². The largest absolute Gasteiger partial charge is 0.563 e. The number of benzene rings is 2. The Morgan fingerprint density at radius 3 is 2.66 bits per heavy atom. The molecule has 0 amide bonds. The lowest BCUT2D eigenvalue weighted by atomic mass is 9.76. The Morgan fingerprint density at radius 2 is 1.94 bits per heavy atom. The molecule has 0 bridgehead atoms. The standard InChI is InChI=1S/C21H17BF3N3O3.H2S/c23-21(24,25)20-28-18-9-14(3-4-17(18)22(30)31-20)16(10-26)19(29)8-12-1-2-15-11-27-6-5-13(15)7-12;/h1-7,9,11,16,30H,8,10,26H2;1H2/t16-;/m1./s1. The molecule has 11 heteroatoms. The molecule has 1 aromatic heterocycles. The van der Waals surface area contributed by atoms with Gasteiger partial charge >= 0.3 is 13.3 Å². The first kappa shape index (κ1) is 23.8. The van der Waals surface area contributed by atoms with Gasteiger partial charge in [0.25, 0.3) is 5.90 Å². The maximum atomic E-state index is 13.0. The Hall–Kier alpha value is -2.89. The molecule has 3 N–H and O–H groups in total. The summed E-state index contributed by atoms with van der Waals surface area (Å²) in [7, 11) is -1.79. The van der Waals surface area contributed by atoms with Crippen molar-refractivity contribution in [1.29, 1.82) is 0 Å². The lowest BCUT2D eigenvalue weighted by Gasteiger charge is -2.22. The summed E-state index contributed by atoms with van der Waals surface area (Å²) in [4.78, 5) is 20.5. The van der Waals surface area contributed by atoms with Crippen molar-refractivity contribution in [2.45, 2.75) is 18.5 Å². The lowest BCUT2D eigenvalue weighted by Crippen LogP contribution is -2.43. The van der Waals surface area contributed by atoms with Gasteiger partial charge in [0.1, 0.15) is 5.78 Å². The van der Waals surface area contributed by atoms with Gasteiger partial charge in [0.05, 0.1) is 11.6 Å². The molecular formula is C21H19BF3N3O3S. The van der Waals surface area contributed by atoms with E-state index in [0.29, 0.717) is 5.56 Å². The first-order chi connectivity index (χ1) is 14.8. The highest BCUT2D eigenvalue weighted by Gasteiger charge is 2.44. The Kier molecular flexibility index (Phi) is 6.92. The van der Waals surface area contributed by atoms with Crippen LogP contribution >= 0.6 is 13.5 Å². The number of aliphatic imine (C=N–C) groups is 1. The fourth-order valence-electron chi connectivity index (χ4n) is 3.54. The molecule has 1 aliphatic rings. The summed E-state index contributed by atoms with van der Waals surface area (Å²) in [6.07, 6.45) is -1.34. The SMILES string of the molecule is NC[C@@H](C(=O)Cc1ccc2cnccc2c1)c1ccc2c(c1)N=C(C(F)(F)F)OB2O.S. The fraction of sp³-hybridized carbons (Fsp3) is 0.190. The molecule has 1 aliphatic heterocycles. The van der Waals surface area contributed by atoms with E-state index in [4.69, 9.17) is 5.73 Å². The van der Waals surface area contributed by atoms with Gasteiger partial charge in [-0.25, -0.2) is 4.99 Å². The second kappa shape index (κ2) is 9.31. The van der Waals surface area contributed by atoms with Gasteiger partial charge in [-0.2, -0.15) is 26.7 Å². The molecule has 0 fully saturated rings. The molecule has 6 nitrogen and oxygen atoms in total. The van der Waals surface area contributed by atoms with E-state index >= 15 is 0 Å². The number of hydrogen-bond acceptors (Lipinski definition) is 6. The van der Waals surface area contributed by atoms with E-state index in [2.05, 4.69) is 14.6 Å². The highest BCUT2D eigenvalue weighted by molar-refractivity contribution is 7.59. The minimum Gasteiger partial charge on any atom is -0.515 e. The average Bonchev–Trinajstić information content (AvgIpc) is 2.73. The fourth-order valence-corrected chi connectivity index (χ4v) is 3.54. The molecule has 32 heavy (non-hydrogen) atoms. The quantitative estimate of drug-likeness (QED) is 0.570. The summed E-state index contributed by atoms with van der Waals surface area (Å²) in [5.74, 6) is -2.45. The van der Waals surface area contributed by atoms with Crippen molar-refractivity contribution in [3.63, 3.8) is 0 Å². The summed E-state index contributed by atoms with van der Waals surface area (Å²) < 4.78 is 43.4. The van der Waals surface area contributed by atoms with Crippen LogP contribution in [0.25, 0.3) is 10.8 Å². The third-order valence-corrected chi connectivity index (χ3v) is 5.12. The number of hydrogen-bond donors (Lipinski definition) is 2. The maximum absolute atomic E-state index is 13.0. The van der Waals surface area contributed by atoms with Crippen molar-refractivity contribution in [2.75, 3.05) is 6.54 Å². The van der Waals surface area contributed by atoms with Gasteiger partial charge in [0, 0.05) is 36.2 Å². The van der Waals surface area contributed by atoms with Crippen LogP contribution in [-0.4, -0.2) is 41.5 Å². The Morgan fingerprint density at radius 1 is 1.16 bits per heavy atom. The Bertz CT molecular complexity index is 1190. The molecule has 0 saturated heterocycles.